The first-order valence-electron chi connectivity index (χ1n) is 6.99. The van der Waals surface area contributed by atoms with Crippen molar-refractivity contribution in [1.82, 2.24) is 0 Å². The molecule has 0 saturated heterocycles. The van der Waals surface area contributed by atoms with E-state index in [1.807, 2.05) is 19.1 Å². The number of hydrogen-bond donors (Lipinski definition) is 1. The predicted molar refractivity (Wildman–Crippen MR) is 91.8 cm³/mol. The Balaban J connectivity index is 1.90. The van der Waals surface area contributed by atoms with Crippen molar-refractivity contribution in [3.63, 3.8) is 0 Å². The number of rotatable bonds is 4. The van der Waals surface area contributed by atoms with Crippen LogP contribution in [0.15, 0.2) is 46.9 Å². The lowest BCUT2D eigenvalue weighted by atomic mass is 10.2. The van der Waals surface area contributed by atoms with Crippen LogP contribution in [-0.4, -0.2) is 12.5 Å². The summed E-state index contributed by atoms with van der Waals surface area (Å²) in [7, 11) is 0. The van der Waals surface area contributed by atoms with Crippen LogP contribution >= 0.6 is 23.2 Å². The van der Waals surface area contributed by atoms with Crippen molar-refractivity contribution >= 4 is 45.8 Å². The van der Waals surface area contributed by atoms with Gasteiger partial charge in [-0.2, -0.15) is 0 Å². The summed E-state index contributed by atoms with van der Waals surface area (Å²) in [5.74, 6) is 0.403. The molecular formula is C17H13Cl2NO3. The fourth-order valence-electron chi connectivity index (χ4n) is 2.24. The molecule has 1 heterocycles. The summed E-state index contributed by atoms with van der Waals surface area (Å²) < 4.78 is 11.1. The Bertz CT molecular complexity index is 853. The third-order valence-electron chi connectivity index (χ3n) is 3.15. The number of carbonyl (C=O) groups excluding carboxylic acids is 1. The lowest BCUT2D eigenvalue weighted by Crippen LogP contribution is -2.10. The van der Waals surface area contributed by atoms with Crippen LogP contribution in [0.4, 0.5) is 5.69 Å². The number of halogens is 2. The fraction of sp³-hybridized carbons (Fsp3) is 0.118. The van der Waals surface area contributed by atoms with E-state index in [2.05, 4.69) is 5.32 Å². The summed E-state index contributed by atoms with van der Waals surface area (Å²) >= 11 is 11.8. The van der Waals surface area contributed by atoms with Crippen molar-refractivity contribution in [2.75, 3.05) is 11.9 Å². The summed E-state index contributed by atoms with van der Waals surface area (Å²) in [6.45, 7) is 2.40. The van der Waals surface area contributed by atoms with Crippen LogP contribution in [-0.2, 0) is 0 Å². The molecule has 2 aromatic carbocycles. The maximum absolute atomic E-state index is 12.3. The molecule has 1 amide bonds. The maximum Gasteiger partial charge on any atom is 0.291 e. The van der Waals surface area contributed by atoms with Gasteiger partial charge in [-0.3, -0.25) is 4.79 Å². The average molecular weight is 350 g/mol. The second-order valence-corrected chi connectivity index (χ2v) is 5.70. The largest absolute Gasteiger partial charge is 0.490 e. The molecule has 3 rings (SSSR count). The maximum atomic E-state index is 12.3. The van der Waals surface area contributed by atoms with Crippen LogP contribution in [0.1, 0.15) is 17.5 Å². The molecule has 0 atom stereocenters. The first-order chi connectivity index (χ1) is 11.1. The zero-order chi connectivity index (χ0) is 16.4. The quantitative estimate of drug-likeness (QED) is 0.686. The molecule has 6 heteroatoms. The highest BCUT2D eigenvalue weighted by Gasteiger charge is 2.15. The number of anilines is 1. The van der Waals surface area contributed by atoms with Crippen LogP contribution in [0.3, 0.4) is 0 Å². The number of ether oxygens (including phenoxy) is 1. The SMILES string of the molecule is CCOc1cccc2cc(C(=O)Nc3cc(Cl)cc(Cl)c3)oc12. The van der Waals surface area contributed by atoms with E-state index in [9.17, 15) is 4.79 Å². The molecule has 3 aromatic rings. The standard InChI is InChI=1S/C17H13Cl2NO3/c1-2-22-14-5-3-4-10-6-15(23-16(10)14)17(21)20-13-8-11(18)7-12(19)9-13/h3-9H,2H2,1H3,(H,20,21). The van der Waals surface area contributed by atoms with Gasteiger partial charge in [-0.05, 0) is 37.3 Å². The van der Waals surface area contributed by atoms with Gasteiger partial charge in [-0.1, -0.05) is 35.3 Å². The van der Waals surface area contributed by atoms with Gasteiger partial charge in [-0.15, -0.1) is 0 Å². The van der Waals surface area contributed by atoms with Crippen molar-refractivity contribution in [3.8, 4) is 5.75 Å². The summed E-state index contributed by atoms with van der Waals surface area (Å²) in [4.78, 5) is 12.3. The highest BCUT2D eigenvalue weighted by molar-refractivity contribution is 6.35. The molecule has 0 aliphatic heterocycles. The summed E-state index contributed by atoms with van der Waals surface area (Å²) in [6.07, 6.45) is 0. The van der Waals surface area contributed by atoms with Crippen molar-refractivity contribution in [3.05, 3.63) is 58.3 Å². The van der Waals surface area contributed by atoms with Crippen LogP contribution < -0.4 is 10.1 Å². The number of nitrogens with one attached hydrogen (secondary N) is 1. The summed E-state index contributed by atoms with van der Waals surface area (Å²) in [6, 6.07) is 12.0. The Morgan fingerprint density at radius 1 is 1.17 bits per heavy atom. The number of amides is 1. The molecule has 0 spiro atoms. The monoisotopic (exact) mass is 349 g/mol. The van der Waals surface area contributed by atoms with Gasteiger partial charge in [0.2, 0.25) is 0 Å². The van der Waals surface area contributed by atoms with E-state index in [1.54, 1.807) is 30.3 Å². The lowest BCUT2D eigenvalue weighted by Gasteiger charge is -2.04. The number of benzene rings is 2. The molecule has 0 bridgehead atoms. The van der Waals surface area contributed by atoms with Crippen molar-refractivity contribution in [2.24, 2.45) is 0 Å². The first-order valence-corrected chi connectivity index (χ1v) is 7.75. The van der Waals surface area contributed by atoms with Gasteiger partial charge >= 0.3 is 0 Å². The molecule has 4 nitrogen and oxygen atoms in total. The Hall–Kier alpha value is -2.17. The van der Waals surface area contributed by atoms with E-state index in [0.29, 0.717) is 33.7 Å². The van der Waals surface area contributed by atoms with Crippen LogP contribution in [0.5, 0.6) is 5.75 Å². The highest BCUT2D eigenvalue weighted by Crippen LogP contribution is 2.29. The fourth-order valence-corrected chi connectivity index (χ4v) is 2.76. The zero-order valence-corrected chi connectivity index (χ0v) is 13.7. The van der Waals surface area contributed by atoms with E-state index >= 15 is 0 Å². The summed E-state index contributed by atoms with van der Waals surface area (Å²) in [5, 5.41) is 4.39. The van der Waals surface area contributed by atoms with Crippen molar-refractivity contribution in [2.45, 2.75) is 6.92 Å². The summed E-state index contributed by atoms with van der Waals surface area (Å²) in [5.41, 5.74) is 1.04. The minimum absolute atomic E-state index is 0.184. The smallest absolute Gasteiger partial charge is 0.291 e. The van der Waals surface area contributed by atoms with Gasteiger partial charge in [0, 0.05) is 21.1 Å². The molecule has 0 aliphatic carbocycles. The van der Waals surface area contributed by atoms with Gasteiger partial charge in [0.25, 0.3) is 5.91 Å². The third kappa shape index (κ3) is 3.44. The topological polar surface area (TPSA) is 51.5 Å². The molecular weight excluding hydrogens is 337 g/mol. The lowest BCUT2D eigenvalue weighted by molar-refractivity contribution is 0.0998. The van der Waals surface area contributed by atoms with E-state index in [1.165, 1.54) is 0 Å². The van der Waals surface area contributed by atoms with E-state index in [0.717, 1.165) is 5.39 Å². The highest BCUT2D eigenvalue weighted by atomic mass is 35.5. The molecule has 1 N–H and O–H groups in total. The van der Waals surface area contributed by atoms with Gasteiger partial charge in [0.15, 0.2) is 17.1 Å². The van der Waals surface area contributed by atoms with Gasteiger partial charge in [0.05, 0.1) is 6.61 Å². The second-order valence-electron chi connectivity index (χ2n) is 4.83. The number of fused-ring (bicyclic) bond motifs is 1. The number of hydrogen-bond acceptors (Lipinski definition) is 3. The van der Waals surface area contributed by atoms with Crippen molar-refractivity contribution in [1.29, 1.82) is 0 Å². The Kier molecular flexibility index (Phi) is 4.46. The van der Waals surface area contributed by atoms with Crippen molar-refractivity contribution < 1.29 is 13.9 Å². The zero-order valence-electron chi connectivity index (χ0n) is 12.2. The van der Waals surface area contributed by atoms with Gasteiger partial charge in [0.1, 0.15) is 0 Å². The molecule has 1 aromatic heterocycles. The van der Waals surface area contributed by atoms with Crippen LogP contribution in [0, 0.1) is 0 Å². The predicted octanol–water partition coefficient (Wildman–Crippen LogP) is 5.39. The molecule has 0 fully saturated rings. The minimum atomic E-state index is -0.387. The first kappa shape index (κ1) is 15.7. The number of para-hydroxylation sites is 1. The molecule has 118 valence electrons. The van der Waals surface area contributed by atoms with Crippen LogP contribution in [0.2, 0.25) is 10.0 Å². The Morgan fingerprint density at radius 2 is 1.91 bits per heavy atom. The average Bonchev–Trinajstić information content (AvgIpc) is 2.91. The van der Waals surface area contributed by atoms with E-state index in [4.69, 9.17) is 32.4 Å². The van der Waals surface area contributed by atoms with Gasteiger partial charge < -0.3 is 14.5 Å². The number of carbonyl (C=O) groups is 1. The van der Waals surface area contributed by atoms with E-state index in [-0.39, 0.29) is 11.7 Å². The number of furan rings is 1. The second kappa shape index (κ2) is 6.52. The van der Waals surface area contributed by atoms with Gasteiger partial charge in [-0.25, -0.2) is 0 Å². The molecule has 0 saturated carbocycles. The molecule has 0 aliphatic rings. The minimum Gasteiger partial charge on any atom is -0.490 e. The molecule has 0 unspecified atom stereocenters. The normalized spacial score (nSPS) is 10.7. The third-order valence-corrected chi connectivity index (χ3v) is 3.59. The Morgan fingerprint density at radius 3 is 2.61 bits per heavy atom. The van der Waals surface area contributed by atoms with E-state index < -0.39 is 0 Å². The van der Waals surface area contributed by atoms with Crippen LogP contribution in [0.25, 0.3) is 11.0 Å². The molecule has 23 heavy (non-hydrogen) atoms. The molecule has 0 radical (unpaired) electrons. The Labute approximate surface area is 142 Å².